The molecule has 0 saturated carbocycles. The van der Waals surface area contributed by atoms with E-state index in [-0.39, 0.29) is 34.7 Å². The van der Waals surface area contributed by atoms with Crippen molar-refractivity contribution in [3.8, 4) is 0 Å². The zero-order chi connectivity index (χ0) is 22.3. The van der Waals surface area contributed by atoms with Crippen molar-refractivity contribution in [1.29, 1.82) is 0 Å². The lowest BCUT2D eigenvalue weighted by Crippen LogP contribution is -2.49. The van der Waals surface area contributed by atoms with Crippen LogP contribution in [-0.4, -0.2) is 49.7 Å². The molecule has 2 heterocycles. The first kappa shape index (κ1) is 23.2. The number of hydrogen-bond donors (Lipinski definition) is 1. The van der Waals surface area contributed by atoms with E-state index < -0.39 is 10.0 Å². The molecule has 30 heavy (non-hydrogen) atoms. The average molecular weight is 500 g/mol. The van der Waals surface area contributed by atoms with E-state index in [1.165, 1.54) is 4.31 Å². The van der Waals surface area contributed by atoms with Crippen molar-refractivity contribution in [2.24, 2.45) is 5.92 Å². The van der Waals surface area contributed by atoms with Gasteiger partial charge in [0.25, 0.3) is 0 Å². The minimum absolute atomic E-state index is 0.0173. The number of anilines is 1. The average Bonchev–Trinajstić information content (AvgIpc) is 3.08. The predicted octanol–water partition coefficient (Wildman–Crippen LogP) is 3.06. The lowest BCUT2D eigenvalue weighted by Gasteiger charge is -2.33. The second-order valence-corrected chi connectivity index (χ2v) is 11.8. The first-order chi connectivity index (χ1) is 13.9. The van der Waals surface area contributed by atoms with Gasteiger partial charge in [-0.3, -0.25) is 9.59 Å². The highest BCUT2D eigenvalue weighted by atomic mass is 79.9. The minimum atomic E-state index is -3.81. The Kier molecular flexibility index (Phi) is 6.65. The van der Waals surface area contributed by atoms with Crippen LogP contribution >= 0.6 is 15.9 Å². The summed E-state index contributed by atoms with van der Waals surface area (Å²) in [5, 5.41) is 2.96. The van der Waals surface area contributed by atoms with Crippen LogP contribution in [0, 0.1) is 5.92 Å². The second-order valence-electron chi connectivity index (χ2n) is 9.00. The van der Waals surface area contributed by atoms with Crippen LogP contribution in [0.25, 0.3) is 0 Å². The van der Waals surface area contributed by atoms with Gasteiger partial charge in [-0.2, -0.15) is 4.31 Å². The molecule has 1 unspecified atom stereocenters. The molecule has 1 aromatic rings. The van der Waals surface area contributed by atoms with Crippen LogP contribution < -0.4 is 10.2 Å². The molecule has 1 saturated heterocycles. The molecule has 2 aliphatic heterocycles. The van der Waals surface area contributed by atoms with E-state index in [1.54, 1.807) is 24.0 Å². The largest absolute Gasteiger partial charge is 0.351 e. The van der Waals surface area contributed by atoms with Gasteiger partial charge in [-0.25, -0.2) is 8.42 Å². The summed E-state index contributed by atoms with van der Waals surface area (Å²) in [7, 11) is -3.81. The smallest absolute Gasteiger partial charge is 0.244 e. The highest BCUT2D eigenvalue weighted by Crippen LogP contribution is 2.37. The first-order valence-electron chi connectivity index (χ1n) is 10.4. The molecule has 0 radical (unpaired) electrons. The summed E-state index contributed by atoms with van der Waals surface area (Å²) in [5.41, 5.74) is 1.27. The number of piperidine rings is 1. The molecule has 0 bridgehead atoms. The van der Waals surface area contributed by atoms with Crippen molar-refractivity contribution in [1.82, 2.24) is 9.62 Å². The summed E-state index contributed by atoms with van der Waals surface area (Å²) in [6.45, 7) is 8.63. The van der Waals surface area contributed by atoms with Gasteiger partial charge in [0.2, 0.25) is 21.8 Å². The van der Waals surface area contributed by atoms with Crippen LogP contribution in [0.4, 0.5) is 5.69 Å². The molecule has 0 aromatic heterocycles. The number of hydrogen-bond acceptors (Lipinski definition) is 4. The zero-order valence-electron chi connectivity index (χ0n) is 18.0. The lowest BCUT2D eigenvalue weighted by molar-refractivity contribution is -0.127. The molecule has 1 N–H and O–H groups in total. The van der Waals surface area contributed by atoms with Crippen molar-refractivity contribution in [2.75, 3.05) is 24.5 Å². The maximum Gasteiger partial charge on any atom is 0.244 e. The molecule has 0 spiro atoms. The SMILES string of the molecule is CCC(=O)N1CCc2cc(Br)c(S(=O)(=O)N3CCCC(C(=O)NC(C)(C)C)C3)cc21. The second kappa shape index (κ2) is 8.59. The summed E-state index contributed by atoms with van der Waals surface area (Å²) in [6, 6.07) is 3.41. The molecule has 9 heteroatoms. The van der Waals surface area contributed by atoms with E-state index in [0.29, 0.717) is 48.9 Å². The van der Waals surface area contributed by atoms with Crippen molar-refractivity contribution in [3.05, 3.63) is 22.2 Å². The highest BCUT2D eigenvalue weighted by molar-refractivity contribution is 9.10. The van der Waals surface area contributed by atoms with Crippen LogP contribution in [0.3, 0.4) is 0 Å². The number of carbonyl (C=O) groups is 2. The fourth-order valence-electron chi connectivity index (χ4n) is 4.02. The summed E-state index contributed by atoms with van der Waals surface area (Å²) in [4.78, 5) is 26.7. The Bertz CT molecular complexity index is 956. The van der Waals surface area contributed by atoms with Crippen molar-refractivity contribution >= 4 is 43.5 Å². The number of sulfonamides is 1. The molecule has 1 aromatic carbocycles. The van der Waals surface area contributed by atoms with Gasteiger partial charge in [0, 0.05) is 41.8 Å². The number of fused-ring (bicyclic) bond motifs is 1. The van der Waals surface area contributed by atoms with Crippen LogP contribution in [0.15, 0.2) is 21.5 Å². The zero-order valence-corrected chi connectivity index (χ0v) is 20.4. The number of rotatable bonds is 4. The number of nitrogens with one attached hydrogen (secondary N) is 1. The van der Waals surface area contributed by atoms with E-state index in [4.69, 9.17) is 0 Å². The van der Waals surface area contributed by atoms with Gasteiger partial charge < -0.3 is 10.2 Å². The standard InChI is InChI=1S/C21H30BrN3O4S/c1-5-19(26)25-10-8-14-11-16(22)18(12-17(14)25)30(28,29)24-9-6-7-15(13-24)20(27)23-21(2,3)4/h11-12,15H,5-10,13H2,1-4H3,(H,23,27). The van der Waals surface area contributed by atoms with Gasteiger partial charge in [0.1, 0.15) is 0 Å². The summed E-state index contributed by atoms with van der Waals surface area (Å²) >= 11 is 3.42. The molecule has 2 amide bonds. The van der Waals surface area contributed by atoms with Crippen LogP contribution in [0.1, 0.15) is 52.5 Å². The fourth-order valence-corrected chi connectivity index (χ4v) is 6.62. The number of benzene rings is 1. The van der Waals surface area contributed by atoms with Gasteiger partial charge in [-0.15, -0.1) is 0 Å². The first-order valence-corrected chi connectivity index (χ1v) is 12.6. The van der Waals surface area contributed by atoms with Crippen LogP contribution in [0.2, 0.25) is 0 Å². The lowest BCUT2D eigenvalue weighted by atomic mass is 9.97. The van der Waals surface area contributed by atoms with Gasteiger partial charge in [0.15, 0.2) is 0 Å². The number of carbonyl (C=O) groups excluding carboxylic acids is 2. The Balaban J connectivity index is 1.88. The van der Waals surface area contributed by atoms with E-state index in [1.807, 2.05) is 20.8 Å². The number of halogens is 1. The summed E-state index contributed by atoms with van der Waals surface area (Å²) < 4.78 is 28.8. The maximum absolute atomic E-state index is 13.5. The Hall–Kier alpha value is -1.45. The van der Waals surface area contributed by atoms with E-state index in [2.05, 4.69) is 21.2 Å². The number of nitrogens with zero attached hydrogens (tertiary/aromatic N) is 2. The van der Waals surface area contributed by atoms with Gasteiger partial charge >= 0.3 is 0 Å². The Labute approximate surface area is 187 Å². The van der Waals surface area contributed by atoms with E-state index >= 15 is 0 Å². The third kappa shape index (κ3) is 4.73. The van der Waals surface area contributed by atoms with E-state index in [9.17, 15) is 18.0 Å². The summed E-state index contributed by atoms with van der Waals surface area (Å²) in [6.07, 6.45) is 2.37. The van der Waals surface area contributed by atoms with Crippen molar-refractivity contribution < 1.29 is 18.0 Å². The molecule has 2 aliphatic rings. The monoisotopic (exact) mass is 499 g/mol. The molecule has 7 nitrogen and oxygen atoms in total. The molecule has 166 valence electrons. The summed E-state index contributed by atoms with van der Waals surface area (Å²) in [5.74, 6) is -0.509. The Morgan fingerprint density at radius 2 is 1.93 bits per heavy atom. The quantitative estimate of drug-likeness (QED) is 0.689. The minimum Gasteiger partial charge on any atom is -0.351 e. The predicted molar refractivity (Wildman–Crippen MR) is 120 cm³/mol. The highest BCUT2D eigenvalue weighted by Gasteiger charge is 2.36. The fraction of sp³-hybridized carbons (Fsp3) is 0.619. The molecular weight excluding hydrogens is 470 g/mol. The molecule has 3 rings (SSSR count). The Morgan fingerprint density at radius 1 is 1.23 bits per heavy atom. The van der Waals surface area contributed by atoms with Crippen LogP contribution in [-0.2, 0) is 26.0 Å². The van der Waals surface area contributed by atoms with Crippen LogP contribution in [0.5, 0.6) is 0 Å². The van der Waals surface area contributed by atoms with Gasteiger partial charge in [0.05, 0.1) is 10.8 Å². The third-order valence-electron chi connectivity index (χ3n) is 5.50. The topological polar surface area (TPSA) is 86.8 Å². The normalized spacial score (nSPS) is 20.2. The maximum atomic E-state index is 13.5. The van der Waals surface area contributed by atoms with E-state index in [0.717, 1.165) is 5.56 Å². The van der Waals surface area contributed by atoms with Gasteiger partial charge in [-0.1, -0.05) is 6.92 Å². The molecule has 1 fully saturated rings. The van der Waals surface area contributed by atoms with Crippen molar-refractivity contribution in [3.63, 3.8) is 0 Å². The third-order valence-corrected chi connectivity index (χ3v) is 8.33. The van der Waals surface area contributed by atoms with Crippen molar-refractivity contribution in [2.45, 2.75) is 63.8 Å². The molecular formula is C21H30BrN3O4S. The Morgan fingerprint density at radius 3 is 2.57 bits per heavy atom. The molecule has 1 atom stereocenters. The molecule has 0 aliphatic carbocycles. The van der Waals surface area contributed by atoms with Gasteiger partial charge in [-0.05, 0) is 73.7 Å². The number of amides is 2.